The van der Waals surface area contributed by atoms with Crippen molar-refractivity contribution >= 4 is 16.7 Å². The molecule has 5 aromatic rings. The van der Waals surface area contributed by atoms with Gasteiger partial charge in [0.15, 0.2) is 11.2 Å². The van der Waals surface area contributed by atoms with E-state index >= 15 is 0 Å². The van der Waals surface area contributed by atoms with Gasteiger partial charge in [0, 0.05) is 11.9 Å². The Hall–Kier alpha value is -4.20. The molecule has 0 bridgehead atoms. The highest BCUT2D eigenvalue weighted by Gasteiger charge is 2.19. The molecule has 0 amide bonds. The Bertz CT molecular complexity index is 1490. The zero-order valence-electron chi connectivity index (χ0n) is 17.9. The molecule has 32 heavy (non-hydrogen) atoms. The van der Waals surface area contributed by atoms with Crippen molar-refractivity contribution in [1.82, 2.24) is 24.4 Å². The number of ether oxygens (including phenoxy) is 2. The van der Waals surface area contributed by atoms with Crippen LogP contribution in [0.2, 0.25) is 0 Å². The van der Waals surface area contributed by atoms with Gasteiger partial charge in [-0.15, -0.1) is 10.2 Å². The van der Waals surface area contributed by atoms with Crippen molar-refractivity contribution in [3.63, 3.8) is 0 Å². The van der Waals surface area contributed by atoms with Gasteiger partial charge < -0.3 is 9.47 Å². The zero-order chi connectivity index (χ0) is 22.2. The lowest BCUT2D eigenvalue weighted by atomic mass is 10.0. The van der Waals surface area contributed by atoms with E-state index in [9.17, 15) is 4.79 Å². The fourth-order valence-electron chi connectivity index (χ4n) is 3.84. The van der Waals surface area contributed by atoms with Crippen LogP contribution >= 0.6 is 0 Å². The molecular formula is C24H21N5O3. The van der Waals surface area contributed by atoms with Gasteiger partial charge >= 0.3 is 0 Å². The minimum absolute atomic E-state index is 0.252. The average Bonchev–Trinajstić information content (AvgIpc) is 3.23. The SMILES string of the molecule is CCc1nn2c(nnc3c(=O)n(-c4ccc(OC)cc4)ccc32)c1-c1ccc(OC)cc1. The van der Waals surface area contributed by atoms with Crippen LogP contribution in [0.4, 0.5) is 0 Å². The Balaban J connectivity index is 1.70. The van der Waals surface area contributed by atoms with Gasteiger partial charge in [-0.25, -0.2) is 4.52 Å². The number of aryl methyl sites for hydroxylation is 1. The van der Waals surface area contributed by atoms with Crippen molar-refractivity contribution in [2.24, 2.45) is 0 Å². The molecule has 5 rings (SSSR count). The predicted molar refractivity (Wildman–Crippen MR) is 122 cm³/mol. The van der Waals surface area contributed by atoms with E-state index in [4.69, 9.17) is 14.6 Å². The van der Waals surface area contributed by atoms with Crippen molar-refractivity contribution in [3.8, 4) is 28.3 Å². The molecule has 0 aliphatic heterocycles. The largest absolute Gasteiger partial charge is 0.497 e. The van der Waals surface area contributed by atoms with E-state index < -0.39 is 0 Å². The first-order chi connectivity index (χ1) is 15.6. The second-order valence-corrected chi connectivity index (χ2v) is 7.26. The van der Waals surface area contributed by atoms with E-state index in [-0.39, 0.29) is 11.1 Å². The number of methoxy groups -OCH3 is 2. The smallest absolute Gasteiger partial charge is 0.285 e. The standard InChI is InChI=1S/C24H21N5O3/c1-4-19-21(15-5-9-17(31-2)10-6-15)23-26-25-22-20(29(23)27-19)13-14-28(24(22)30)16-7-11-18(32-3)12-8-16/h5-14H,4H2,1-3H3. The monoisotopic (exact) mass is 427 g/mol. The normalized spacial score (nSPS) is 11.2. The fraction of sp³-hybridized carbons (Fsp3) is 0.167. The first-order valence-electron chi connectivity index (χ1n) is 10.2. The van der Waals surface area contributed by atoms with Gasteiger partial charge in [0.05, 0.1) is 25.5 Å². The Labute approximate surface area is 183 Å². The summed E-state index contributed by atoms with van der Waals surface area (Å²) in [4.78, 5) is 13.2. The molecule has 0 fully saturated rings. The molecule has 0 N–H and O–H groups in total. The van der Waals surface area contributed by atoms with Crippen LogP contribution in [-0.2, 0) is 6.42 Å². The maximum Gasteiger partial charge on any atom is 0.285 e. The van der Waals surface area contributed by atoms with Gasteiger partial charge in [-0.05, 0) is 54.4 Å². The van der Waals surface area contributed by atoms with Gasteiger partial charge in [0.25, 0.3) is 5.56 Å². The summed E-state index contributed by atoms with van der Waals surface area (Å²) in [5.74, 6) is 1.50. The van der Waals surface area contributed by atoms with Crippen LogP contribution in [-0.4, -0.2) is 38.6 Å². The highest BCUT2D eigenvalue weighted by Crippen LogP contribution is 2.30. The molecule has 0 atom stereocenters. The van der Waals surface area contributed by atoms with E-state index in [0.717, 1.165) is 34.7 Å². The van der Waals surface area contributed by atoms with Gasteiger partial charge in [0.2, 0.25) is 0 Å². The highest BCUT2D eigenvalue weighted by atomic mass is 16.5. The molecule has 0 spiro atoms. The van der Waals surface area contributed by atoms with E-state index in [1.54, 1.807) is 24.9 Å². The topological polar surface area (TPSA) is 83.5 Å². The zero-order valence-corrected chi connectivity index (χ0v) is 17.9. The number of rotatable bonds is 5. The third-order valence-electron chi connectivity index (χ3n) is 5.52. The van der Waals surface area contributed by atoms with E-state index in [2.05, 4.69) is 10.2 Å². The molecule has 0 radical (unpaired) electrons. The van der Waals surface area contributed by atoms with Gasteiger partial charge in [-0.3, -0.25) is 9.36 Å². The molecule has 0 unspecified atom stereocenters. The lowest BCUT2D eigenvalue weighted by molar-refractivity contribution is 0.414. The maximum atomic E-state index is 13.2. The number of nitrogens with zero attached hydrogens (tertiary/aromatic N) is 5. The lowest BCUT2D eigenvalue weighted by Crippen LogP contribution is -2.20. The molecule has 0 aliphatic carbocycles. The first kappa shape index (κ1) is 19.7. The van der Waals surface area contributed by atoms with Crippen molar-refractivity contribution in [2.75, 3.05) is 14.2 Å². The molecule has 8 nitrogen and oxygen atoms in total. The highest BCUT2D eigenvalue weighted by molar-refractivity contribution is 5.85. The van der Waals surface area contributed by atoms with Crippen LogP contribution in [0.1, 0.15) is 12.6 Å². The minimum Gasteiger partial charge on any atom is -0.497 e. The Morgan fingerprint density at radius 2 is 1.53 bits per heavy atom. The van der Waals surface area contributed by atoms with Crippen LogP contribution in [0.3, 0.4) is 0 Å². The quantitative estimate of drug-likeness (QED) is 0.426. The van der Waals surface area contributed by atoms with E-state index in [1.165, 1.54) is 4.57 Å². The number of fused-ring (bicyclic) bond motifs is 3. The number of pyridine rings is 1. The number of hydrogen-bond donors (Lipinski definition) is 0. The number of hydrogen-bond acceptors (Lipinski definition) is 6. The molecule has 160 valence electrons. The number of benzene rings is 2. The Morgan fingerprint density at radius 1 is 0.875 bits per heavy atom. The Morgan fingerprint density at radius 3 is 2.16 bits per heavy atom. The molecule has 0 aliphatic rings. The Kier molecular flexibility index (Phi) is 4.82. The number of aromatic nitrogens is 5. The third-order valence-corrected chi connectivity index (χ3v) is 5.52. The summed E-state index contributed by atoms with van der Waals surface area (Å²) in [6, 6.07) is 16.9. The van der Waals surface area contributed by atoms with Crippen LogP contribution in [0, 0.1) is 0 Å². The second kappa shape index (κ2) is 7.81. The second-order valence-electron chi connectivity index (χ2n) is 7.26. The third kappa shape index (κ3) is 3.08. The van der Waals surface area contributed by atoms with Crippen molar-refractivity contribution in [1.29, 1.82) is 0 Å². The van der Waals surface area contributed by atoms with E-state index in [1.807, 2.05) is 61.5 Å². The fourth-order valence-corrected chi connectivity index (χ4v) is 3.84. The summed E-state index contributed by atoms with van der Waals surface area (Å²) >= 11 is 0. The van der Waals surface area contributed by atoms with Crippen LogP contribution in [0.25, 0.3) is 33.5 Å². The summed E-state index contributed by atoms with van der Waals surface area (Å²) in [5.41, 5.74) is 4.69. The molecule has 0 saturated heterocycles. The van der Waals surface area contributed by atoms with Crippen LogP contribution in [0.15, 0.2) is 65.6 Å². The van der Waals surface area contributed by atoms with Crippen molar-refractivity contribution < 1.29 is 9.47 Å². The molecule has 8 heteroatoms. The first-order valence-corrected chi connectivity index (χ1v) is 10.2. The minimum atomic E-state index is -0.262. The maximum absolute atomic E-state index is 13.2. The van der Waals surface area contributed by atoms with Gasteiger partial charge in [0.1, 0.15) is 17.0 Å². The van der Waals surface area contributed by atoms with E-state index in [0.29, 0.717) is 16.9 Å². The lowest BCUT2D eigenvalue weighted by Gasteiger charge is -2.08. The van der Waals surface area contributed by atoms with Crippen molar-refractivity contribution in [2.45, 2.75) is 13.3 Å². The van der Waals surface area contributed by atoms with Crippen LogP contribution < -0.4 is 15.0 Å². The van der Waals surface area contributed by atoms with Crippen LogP contribution in [0.5, 0.6) is 11.5 Å². The van der Waals surface area contributed by atoms with Gasteiger partial charge in [-0.2, -0.15) is 5.10 Å². The molecule has 3 aromatic heterocycles. The predicted octanol–water partition coefficient (Wildman–Crippen LogP) is 3.68. The molecule has 2 aromatic carbocycles. The molecule has 3 heterocycles. The summed E-state index contributed by atoms with van der Waals surface area (Å²) in [6.45, 7) is 2.04. The molecule has 0 saturated carbocycles. The summed E-state index contributed by atoms with van der Waals surface area (Å²) in [6.07, 6.45) is 2.45. The summed E-state index contributed by atoms with van der Waals surface area (Å²) in [7, 11) is 3.24. The van der Waals surface area contributed by atoms with Gasteiger partial charge in [-0.1, -0.05) is 19.1 Å². The average molecular weight is 427 g/mol. The van der Waals surface area contributed by atoms with Crippen molar-refractivity contribution in [3.05, 3.63) is 76.8 Å². The summed E-state index contributed by atoms with van der Waals surface area (Å²) in [5, 5.41) is 13.5. The summed E-state index contributed by atoms with van der Waals surface area (Å²) < 4.78 is 13.7. The molecular weight excluding hydrogens is 406 g/mol.